The molecule has 7 nitrogen and oxygen atoms in total. The highest BCUT2D eigenvalue weighted by Gasteiger charge is 2.37. The van der Waals surface area contributed by atoms with Gasteiger partial charge in [0, 0.05) is 56.5 Å². The minimum Gasteiger partial charge on any atom is -0.379 e. The van der Waals surface area contributed by atoms with Gasteiger partial charge < -0.3 is 18.9 Å². The molecule has 0 bridgehead atoms. The van der Waals surface area contributed by atoms with E-state index in [1.165, 1.54) is 0 Å². The molecule has 31 heavy (non-hydrogen) atoms. The fraction of sp³-hybridized carbons (Fsp3) is 0.542. The lowest BCUT2D eigenvalue weighted by Crippen LogP contribution is -2.40. The number of benzene rings is 1. The summed E-state index contributed by atoms with van der Waals surface area (Å²) in [7, 11) is 0. The molecule has 4 rings (SSSR count). The van der Waals surface area contributed by atoms with Crippen LogP contribution < -0.4 is 0 Å². The zero-order chi connectivity index (χ0) is 21.6. The van der Waals surface area contributed by atoms with Crippen LogP contribution in [0.2, 0.25) is 0 Å². The second-order valence-corrected chi connectivity index (χ2v) is 8.15. The summed E-state index contributed by atoms with van der Waals surface area (Å²) >= 11 is 0. The van der Waals surface area contributed by atoms with Crippen molar-refractivity contribution in [3.8, 4) is 0 Å². The van der Waals surface area contributed by atoms with E-state index in [2.05, 4.69) is 9.55 Å². The van der Waals surface area contributed by atoms with Gasteiger partial charge in [-0.3, -0.25) is 9.59 Å². The van der Waals surface area contributed by atoms with Crippen molar-refractivity contribution in [2.75, 3.05) is 39.5 Å². The lowest BCUT2D eigenvalue weighted by molar-refractivity contribution is -0.133. The molecule has 1 aromatic carbocycles. The van der Waals surface area contributed by atoms with E-state index in [-0.39, 0.29) is 17.6 Å². The monoisotopic (exact) mass is 425 g/mol. The van der Waals surface area contributed by atoms with Gasteiger partial charge in [0.2, 0.25) is 5.91 Å². The topological polar surface area (TPSA) is 73.7 Å². The van der Waals surface area contributed by atoms with Crippen molar-refractivity contribution in [1.29, 1.82) is 0 Å². The van der Waals surface area contributed by atoms with Crippen LogP contribution in [0.1, 0.15) is 59.8 Å². The van der Waals surface area contributed by atoms with Crippen molar-refractivity contribution in [1.82, 2.24) is 14.5 Å². The van der Waals surface area contributed by atoms with E-state index in [1.54, 1.807) is 0 Å². The summed E-state index contributed by atoms with van der Waals surface area (Å²) in [6.07, 6.45) is 5.91. The van der Waals surface area contributed by atoms with E-state index in [9.17, 15) is 9.59 Å². The molecule has 1 amide bonds. The molecule has 0 N–H and O–H groups in total. The molecule has 2 aliphatic rings. The third-order valence-electron chi connectivity index (χ3n) is 6.30. The maximum absolute atomic E-state index is 13.1. The minimum absolute atomic E-state index is 0.0781. The third kappa shape index (κ3) is 4.88. The Balaban J connectivity index is 1.29. The molecule has 2 heterocycles. The average Bonchev–Trinajstić information content (AvgIpc) is 3.41. The lowest BCUT2D eigenvalue weighted by atomic mass is 9.93. The summed E-state index contributed by atoms with van der Waals surface area (Å²) in [5.74, 6) is 1.25. The molecular weight excluding hydrogens is 394 g/mol. The van der Waals surface area contributed by atoms with Crippen LogP contribution in [0.5, 0.6) is 0 Å². The summed E-state index contributed by atoms with van der Waals surface area (Å²) in [5.41, 5.74) is 1.60. The predicted molar refractivity (Wildman–Crippen MR) is 116 cm³/mol. The number of nitrogens with zero attached hydrogens (tertiary/aromatic N) is 3. The summed E-state index contributed by atoms with van der Waals surface area (Å²) in [6, 6.07) is 7.52. The number of fused-ring (bicyclic) bond motifs is 1. The van der Waals surface area contributed by atoms with Crippen LogP contribution in [0.15, 0.2) is 36.7 Å². The standard InChI is InChI=1S/C24H31N3O4/c1-2-30-15-16-31-14-13-26-12-9-25-23(26)18-7-10-27(11-8-18)24(29)21-17-22(28)20-6-4-3-5-19(20)21/h3-6,9,12,18,21H,2,7-8,10-11,13-17H2,1H3. The van der Waals surface area contributed by atoms with Crippen molar-refractivity contribution >= 4 is 11.7 Å². The Morgan fingerprint density at radius 3 is 2.71 bits per heavy atom. The molecule has 1 fully saturated rings. The van der Waals surface area contributed by atoms with Gasteiger partial charge in [-0.15, -0.1) is 0 Å². The first-order valence-electron chi connectivity index (χ1n) is 11.3. The number of aromatic nitrogens is 2. The number of Topliss-reactive ketones (excluding diaryl/α,β-unsaturated/α-hetero) is 1. The number of carbonyl (C=O) groups is 2. The van der Waals surface area contributed by atoms with E-state index in [1.807, 2.05) is 48.5 Å². The minimum atomic E-state index is -0.323. The van der Waals surface area contributed by atoms with Crippen LogP contribution in [0.3, 0.4) is 0 Å². The Hall–Kier alpha value is -2.51. The van der Waals surface area contributed by atoms with Crippen LogP contribution in [0, 0.1) is 0 Å². The largest absolute Gasteiger partial charge is 0.379 e. The first-order chi connectivity index (χ1) is 15.2. The van der Waals surface area contributed by atoms with Crippen LogP contribution in [-0.2, 0) is 20.8 Å². The predicted octanol–water partition coefficient (Wildman–Crippen LogP) is 3.01. The van der Waals surface area contributed by atoms with E-state index in [0.717, 1.165) is 30.8 Å². The van der Waals surface area contributed by atoms with E-state index >= 15 is 0 Å². The number of ether oxygens (including phenoxy) is 2. The van der Waals surface area contributed by atoms with Crippen molar-refractivity contribution in [3.63, 3.8) is 0 Å². The van der Waals surface area contributed by atoms with Gasteiger partial charge in [0.25, 0.3) is 0 Å². The van der Waals surface area contributed by atoms with Crippen molar-refractivity contribution < 1.29 is 19.1 Å². The van der Waals surface area contributed by atoms with Gasteiger partial charge in [-0.05, 0) is 25.3 Å². The Morgan fingerprint density at radius 1 is 1.13 bits per heavy atom. The fourth-order valence-electron chi connectivity index (χ4n) is 4.66. The van der Waals surface area contributed by atoms with Crippen LogP contribution in [0.25, 0.3) is 0 Å². The zero-order valence-corrected chi connectivity index (χ0v) is 18.2. The molecular formula is C24H31N3O4. The van der Waals surface area contributed by atoms with Crippen molar-refractivity contribution in [2.45, 2.75) is 44.6 Å². The van der Waals surface area contributed by atoms with Crippen LogP contribution in [0.4, 0.5) is 0 Å². The van der Waals surface area contributed by atoms with Gasteiger partial charge in [-0.1, -0.05) is 24.3 Å². The SMILES string of the molecule is CCOCCOCCn1ccnc1C1CCN(C(=O)C2CC(=O)c3ccccc32)CC1. The Morgan fingerprint density at radius 2 is 1.90 bits per heavy atom. The summed E-state index contributed by atoms with van der Waals surface area (Å²) in [4.78, 5) is 31.9. The van der Waals surface area contributed by atoms with Crippen molar-refractivity contribution in [3.05, 3.63) is 53.6 Å². The molecule has 1 atom stereocenters. The highest BCUT2D eigenvalue weighted by Crippen LogP contribution is 2.36. The molecule has 1 aliphatic heterocycles. The zero-order valence-electron chi connectivity index (χ0n) is 18.2. The Bertz CT molecular complexity index is 902. The molecule has 0 radical (unpaired) electrons. The number of hydrogen-bond donors (Lipinski definition) is 0. The number of ketones is 1. The van der Waals surface area contributed by atoms with Crippen molar-refractivity contribution in [2.24, 2.45) is 0 Å². The summed E-state index contributed by atoms with van der Waals surface area (Å²) in [5, 5.41) is 0. The molecule has 2 aromatic rings. The van der Waals surface area contributed by atoms with Crippen LogP contribution in [-0.4, -0.2) is 65.7 Å². The smallest absolute Gasteiger partial charge is 0.230 e. The molecule has 0 spiro atoms. The average molecular weight is 426 g/mol. The number of carbonyl (C=O) groups excluding carboxylic acids is 2. The molecule has 7 heteroatoms. The van der Waals surface area contributed by atoms with Crippen LogP contribution >= 0.6 is 0 Å². The second-order valence-electron chi connectivity index (χ2n) is 8.15. The van der Waals surface area contributed by atoms with E-state index in [0.29, 0.717) is 57.4 Å². The molecule has 1 unspecified atom stereocenters. The Labute approximate surface area is 183 Å². The van der Waals surface area contributed by atoms with Gasteiger partial charge in [0.15, 0.2) is 5.78 Å². The first kappa shape index (κ1) is 21.7. The molecule has 0 saturated carbocycles. The number of hydrogen-bond acceptors (Lipinski definition) is 5. The summed E-state index contributed by atoms with van der Waals surface area (Å²) < 4.78 is 13.1. The van der Waals surface area contributed by atoms with Gasteiger partial charge in [-0.25, -0.2) is 4.98 Å². The molecule has 1 aliphatic carbocycles. The lowest BCUT2D eigenvalue weighted by Gasteiger charge is -2.33. The quantitative estimate of drug-likeness (QED) is 0.578. The third-order valence-corrected chi connectivity index (χ3v) is 6.30. The molecule has 166 valence electrons. The number of imidazole rings is 1. The van der Waals surface area contributed by atoms with Gasteiger partial charge in [0.1, 0.15) is 5.82 Å². The molecule has 1 saturated heterocycles. The van der Waals surface area contributed by atoms with E-state index < -0.39 is 0 Å². The maximum atomic E-state index is 13.1. The highest BCUT2D eigenvalue weighted by molar-refractivity contribution is 6.06. The first-order valence-corrected chi connectivity index (χ1v) is 11.3. The summed E-state index contributed by atoms with van der Waals surface area (Å²) in [6.45, 7) is 6.71. The number of amides is 1. The number of rotatable bonds is 9. The van der Waals surface area contributed by atoms with Gasteiger partial charge in [-0.2, -0.15) is 0 Å². The van der Waals surface area contributed by atoms with Gasteiger partial charge >= 0.3 is 0 Å². The Kier molecular flexibility index (Phi) is 7.14. The fourth-order valence-corrected chi connectivity index (χ4v) is 4.66. The molecule has 1 aromatic heterocycles. The number of likely N-dealkylation sites (tertiary alicyclic amines) is 1. The maximum Gasteiger partial charge on any atom is 0.230 e. The second kappa shape index (κ2) is 10.2. The number of piperidine rings is 1. The van der Waals surface area contributed by atoms with Gasteiger partial charge in [0.05, 0.1) is 25.7 Å². The normalized spacial score (nSPS) is 19.1. The highest BCUT2D eigenvalue weighted by atomic mass is 16.5. The van der Waals surface area contributed by atoms with E-state index in [4.69, 9.17) is 9.47 Å².